The summed E-state index contributed by atoms with van der Waals surface area (Å²) in [6, 6.07) is 14.8. The molecular weight excluding hydrogens is 308 g/mol. The third-order valence-corrected chi connectivity index (χ3v) is 5.17. The van der Waals surface area contributed by atoms with E-state index in [1.54, 1.807) is 0 Å². The summed E-state index contributed by atoms with van der Waals surface area (Å²) in [4.78, 5) is 18.1. The van der Waals surface area contributed by atoms with Crippen LogP contribution < -0.4 is 4.90 Å². The summed E-state index contributed by atoms with van der Waals surface area (Å²) in [7, 11) is 0. The molecule has 0 radical (unpaired) electrons. The van der Waals surface area contributed by atoms with Gasteiger partial charge >= 0.3 is 0 Å². The Kier molecular flexibility index (Phi) is 4.31. The van der Waals surface area contributed by atoms with Gasteiger partial charge in [-0.2, -0.15) is 0 Å². The fourth-order valence-electron chi connectivity index (χ4n) is 3.89. The smallest absolute Gasteiger partial charge is 0.226 e. The fourth-order valence-corrected chi connectivity index (χ4v) is 3.89. The van der Waals surface area contributed by atoms with Crippen molar-refractivity contribution in [2.24, 2.45) is 0 Å². The van der Waals surface area contributed by atoms with E-state index in [-0.39, 0.29) is 5.91 Å². The van der Waals surface area contributed by atoms with Crippen LogP contribution in [-0.4, -0.2) is 17.4 Å². The number of carbonyl (C=O) groups excluding carboxylic acids is 1. The standard InChI is InChI=1S/C22H24N2O/c1-16-11-12-21-17(14-16)7-5-13-24(21)22(25)10-4-6-18-15-23-20-9-3-2-8-19(18)20/h2-3,8-9,11-12,14-15,23H,4-7,10,13H2,1H3. The lowest BCUT2D eigenvalue weighted by Gasteiger charge is -2.30. The number of para-hydroxylation sites is 1. The van der Waals surface area contributed by atoms with Crippen molar-refractivity contribution in [2.45, 2.75) is 39.0 Å². The average Bonchev–Trinajstić information content (AvgIpc) is 3.04. The highest BCUT2D eigenvalue weighted by molar-refractivity contribution is 5.94. The van der Waals surface area contributed by atoms with Crippen LogP contribution in [0.3, 0.4) is 0 Å². The van der Waals surface area contributed by atoms with Crippen molar-refractivity contribution < 1.29 is 4.79 Å². The molecule has 1 amide bonds. The Hall–Kier alpha value is -2.55. The summed E-state index contributed by atoms with van der Waals surface area (Å²) in [6.45, 7) is 2.96. The Balaban J connectivity index is 1.42. The predicted octanol–water partition coefficient (Wildman–Crippen LogP) is 4.78. The molecule has 0 spiro atoms. The number of nitrogens with zero attached hydrogens (tertiary/aromatic N) is 1. The van der Waals surface area contributed by atoms with Crippen LogP contribution in [0.2, 0.25) is 0 Å². The summed E-state index contributed by atoms with van der Waals surface area (Å²) in [5.74, 6) is 0.254. The maximum atomic E-state index is 12.8. The van der Waals surface area contributed by atoms with E-state index in [4.69, 9.17) is 0 Å². The Bertz CT molecular complexity index is 909. The second-order valence-electron chi connectivity index (χ2n) is 6.99. The molecule has 25 heavy (non-hydrogen) atoms. The number of anilines is 1. The van der Waals surface area contributed by atoms with Gasteiger partial charge in [-0.1, -0.05) is 35.9 Å². The molecule has 1 aromatic heterocycles. The van der Waals surface area contributed by atoms with E-state index in [2.05, 4.69) is 54.5 Å². The highest BCUT2D eigenvalue weighted by atomic mass is 16.2. The van der Waals surface area contributed by atoms with Gasteiger partial charge in [-0.05, 0) is 55.9 Å². The minimum Gasteiger partial charge on any atom is -0.361 e. The zero-order chi connectivity index (χ0) is 17.2. The van der Waals surface area contributed by atoms with Crippen LogP contribution in [0.25, 0.3) is 10.9 Å². The minimum atomic E-state index is 0.254. The number of rotatable bonds is 4. The van der Waals surface area contributed by atoms with E-state index >= 15 is 0 Å². The molecule has 3 nitrogen and oxygen atoms in total. The molecule has 0 bridgehead atoms. The largest absolute Gasteiger partial charge is 0.361 e. The normalized spacial score (nSPS) is 13.9. The van der Waals surface area contributed by atoms with Crippen molar-refractivity contribution in [2.75, 3.05) is 11.4 Å². The molecule has 1 aliphatic heterocycles. The molecule has 2 heterocycles. The quantitative estimate of drug-likeness (QED) is 0.733. The average molecular weight is 332 g/mol. The van der Waals surface area contributed by atoms with Crippen molar-refractivity contribution in [1.29, 1.82) is 0 Å². The van der Waals surface area contributed by atoms with Gasteiger partial charge in [-0.3, -0.25) is 4.79 Å². The third kappa shape index (κ3) is 3.19. The molecule has 0 fully saturated rings. The molecule has 0 saturated heterocycles. The summed E-state index contributed by atoms with van der Waals surface area (Å²) >= 11 is 0. The van der Waals surface area contributed by atoms with Gasteiger partial charge in [0.1, 0.15) is 0 Å². The minimum absolute atomic E-state index is 0.254. The number of amides is 1. The van der Waals surface area contributed by atoms with E-state index in [9.17, 15) is 4.79 Å². The Morgan fingerprint density at radius 1 is 1.20 bits per heavy atom. The molecule has 128 valence electrons. The number of aromatic nitrogens is 1. The van der Waals surface area contributed by atoms with Gasteiger partial charge in [0.15, 0.2) is 0 Å². The molecule has 0 aliphatic carbocycles. The van der Waals surface area contributed by atoms with Gasteiger partial charge in [-0.25, -0.2) is 0 Å². The first-order valence-electron chi connectivity index (χ1n) is 9.17. The highest BCUT2D eigenvalue weighted by Gasteiger charge is 2.22. The number of hydrogen-bond donors (Lipinski definition) is 1. The van der Waals surface area contributed by atoms with Gasteiger partial charge in [0.2, 0.25) is 5.91 Å². The zero-order valence-corrected chi connectivity index (χ0v) is 14.7. The van der Waals surface area contributed by atoms with Crippen molar-refractivity contribution in [3.05, 3.63) is 65.4 Å². The third-order valence-electron chi connectivity index (χ3n) is 5.17. The van der Waals surface area contributed by atoms with Gasteiger partial charge in [-0.15, -0.1) is 0 Å². The SMILES string of the molecule is Cc1ccc2c(c1)CCCN2C(=O)CCCc1c[nH]c2ccccc12. The molecule has 3 aromatic rings. The number of aryl methyl sites for hydroxylation is 3. The van der Waals surface area contributed by atoms with Crippen LogP contribution in [0.5, 0.6) is 0 Å². The van der Waals surface area contributed by atoms with Gasteiger partial charge in [0.25, 0.3) is 0 Å². The summed E-state index contributed by atoms with van der Waals surface area (Å²) in [6.07, 6.45) is 6.64. The van der Waals surface area contributed by atoms with Crippen molar-refractivity contribution in [3.63, 3.8) is 0 Å². The molecule has 1 aliphatic rings. The first-order valence-corrected chi connectivity index (χ1v) is 9.17. The monoisotopic (exact) mass is 332 g/mol. The van der Waals surface area contributed by atoms with E-state index < -0.39 is 0 Å². The Morgan fingerprint density at radius 3 is 3.00 bits per heavy atom. The second-order valence-corrected chi connectivity index (χ2v) is 6.99. The topological polar surface area (TPSA) is 36.1 Å². The number of carbonyl (C=O) groups is 1. The number of hydrogen-bond acceptors (Lipinski definition) is 1. The number of fused-ring (bicyclic) bond motifs is 2. The summed E-state index contributed by atoms with van der Waals surface area (Å²) < 4.78 is 0. The molecule has 0 atom stereocenters. The van der Waals surface area contributed by atoms with Gasteiger partial charge in [0, 0.05) is 35.8 Å². The Morgan fingerprint density at radius 2 is 2.08 bits per heavy atom. The maximum absolute atomic E-state index is 12.8. The van der Waals surface area contributed by atoms with E-state index in [1.165, 1.54) is 27.6 Å². The highest BCUT2D eigenvalue weighted by Crippen LogP contribution is 2.29. The number of H-pyrrole nitrogens is 1. The number of benzene rings is 2. The number of aromatic amines is 1. The van der Waals surface area contributed by atoms with Crippen molar-refractivity contribution in [3.8, 4) is 0 Å². The molecular formula is C22H24N2O. The van der Waals surface area contributed by atoms with Crippen LogP contribution >= 0.6 is 0 Å². The number of nitrogens with one attached hydrogen (secondary N) is 1. The molecule has 4 rings (SSSR count). The molecule has 2 aromatic carbocycles. The lowest BCUT2D eigenvalue weighted by molar-refractivity contribution is -0.118. The van der Waals surface area contributed by atoms with E-state index in [0.717, 1.165) is 37.9 Å². The first kappa shape index (κ1) is 15.9. The van der Waals surface area contributed by atoms with Crippen LogP contribution in [-0.2, 0) is 17.6 Å². The predicted molar refractivity (Wildman–Crippen MR) is 103 cm³/mol. The first-order chi connectivity index (χ1) is 12.2. The van der Waals surface area contributed by atoms with Crippen molar-refractivity contribution in [1.82, 2.24) is 4.98 Å². The zero-order valence-electron chi connectivity index (χ0n) is 14.7. The van der Waals surface area contributed by atoms with Gasteiger partial charge < -0.3 is 9.88 Å². The Labute approximate surface area is 148 Å². The van der Waals surface area contributed by atoms with Gasteiger partial charge in [0.05, 0.1) is 0 Å². The molecule has 0 unspecified atom stereocenters. The van der Waals surface area contributed by atoms with E-state index in [1.807, 2.05) is 11.0 Å². The second kappa shape index (κ2) is 6.75. The molecule has 0 saturated carbocycles. The molecule has 1 N–H and O–H groups in total. The maximum Gasteiger partial charge on any atom is 0.226 e. The van der Waals surface area contributed by atoms with Crippen LogP contribution in [0.15, 0.2) is 48.7 Å². The lowest BCUT2D eigenvalue weighted by atomic mass is 9.99. The van der Waals surface area contributed by atoms with Crippen LogP contribution in [0.1, 0.15) is 36.0 Å². The molecule has 3 heteroatoms. The fraction of sp³-hybridized carbons (Fsp3) is 0.318. The lowest BCUT2D eigenvalue weighted by Crippen LogP contribution is -2.35. The van der Waals surface area contributed by atoms with Crippen LogP contribution in [0, 0.1) is 6.92 Å². The van der Waals surface area contributed by atoms with Crippen LogP contribution in [0.4, 0.5) is 5.69 Å². The summed E-state index contributed by atoms with van der Waals surface area (Å²) in [5, 5.41) is 1.27. The van der Waals surface area contributed by atoms with Crippen molar-refractivity contribution >= 4 is 22.5 Å². The summed E-state index contributed by atoms with van der Waals surface area (Å²) in [5.41, 5.74) is 6.18. The van der Waals surface area contributed by atoms with E-state index in [0.29, 0.717) is 6.42 Å².